The summed E-state index contributed by atoms with van der Waals surface area (Å²) in [6, 6.07) is 0.418. The van der Waals surface area contributed by atoms with Crippen LogP contribution in [0, 0.1) is 0 Å². The van der Waals surface area contributed by atoms with E-state index in [4.69, 9.17) is 15.2 Å². The first-order valence-electron chi connectivity index (χ1n) is 6.45. The zero-order valence-electron chi connectivity index (χ0n) is 11.4. The molecule has 0 aromatic carbocycles. The van der Waals surface area contributed by atoms with E-state index in [0.717, 1.165) is 4.57 Å². The van der Waals surface area contributed by atoms with Crippen LogP contribution in [0.4, 0.5) is 0 Å². The van der Waals surface area contributed by atoms with E-state index in [-0.39, 0.29) is 13.0 Å². The van der Waals surface area contributed by atoms with Gasteiger partial charge in [-0.05, 0) is 6.92 Å². The van der Waals surface area contributed by atoms with Gasteiger partial charge in [-0.2, -0.15) is 0 Å². The maximum atomic E-state index is 11.6. The third kappa shape index (κ3) is 3.57. The average Bonchev–Trinajstić information content (AvgIpc) is 2.76. The second-order valence-corrected chi connectivity index (χ2v) is 4.87. The molecule has 0 spiro atoms. The Kier molecular flexibility index (Phi) is 4.56. The van der Waals surface area contributed by atoms with Crippen molar-refractivity contribution in [3.63, 3.8) is 0 Å². The van der Waals surface area contributed by atoms with Gasteiger partial charge < -0.3 is 20.3 Å². The minimum Gasteiger partial charge on any atom is -0.462 e. The third-order valence-electron chi connectivity index (χ3n) is 3.13. The van der Waals surface area contributed by atoms with Crippen LogP contribution < -0.4 is 17.0 Å². The van der Waals surface area contributed by atoms with Crippen LogP contribution in [0.3, 0.4) is 0 Å². The number of aliphatic hydroxyl groups excluding tert-OH is 1. The van der Waals surface area contributed by atoms with Crippen LogP contribution in [0.1, 0.15) is 19.6 Å². The molecule has 0 aliphatic carbocycles. The van der Waals surface area contributed by atoms with Crippen molar-refractivity contribution in [3.05, 3.63) is 33.1 Å². The summed E-state index contributed by atoms with van der Waals surface area (Å²) in [6.07, 6.45) is -0.948. The number of aromatic amines is 1. The molecule has 0 unspecified atom stereocenters. The zero-order chi connectivity index (χ0) is 15.6. The highest BCUT2D eigenvalue weighted by Crippen LogP contribution is 2.27. The van der Waals surface area contributed by atoms with Gasteiger partial charge in [0.1, 0.15) is 25.0 Å². The predicted octanol–water partition coefficient (Wildman–Crippen LogP) is -1.92. The molecule has 0 amide bonds. The van der Waals surface area contributed by atoms with Crippen LogP contribution in [0.5, 0.6) is 0 Å². The standard InChI is InChI=1S/C12H17N3O6/c1-6(13)11(18)20-5-8-7(16)4-10(21-8)15-3-2-9(17)14-12(15)19/h2-3,6-8,10,16H,4-5,13H2,1H3,(H,14,17,19)/t6-,7-,8+,10+/m0/s1. The predicted molar refractivity (Wildman–Crippen MR) is 70.5 cm³/mol. The molecule has 2 heterocycles. The highest BCUT2D eigenvalue weighted by atomic mass is 16.6. The lowest BCUT2D eigenvalue weighted by atomic mass is 10.2. The summed E-state index contributed by atoms with van der Waals surface area (Å²) in [5, 5.41) is 9.88. The topological polar surface area (TPSA) is 137 Å². The maximum Gasteiger partial charge on any atom is 0.330 e. The first-order valence-corrected chi connectivity index (χ1v) is 6.45. The molecular formula is C12H17N3O6. The quantitative estimate of drug-likeness (QED) is 0.551. The molecule has 4 atom stereocenters. The van der Waals surface area contributed by atoms with Crippen LogP contribution in [-0.2, 0) is 14.3 Å². The number of aromatic nitrogens is 2. The molecule has 9 heteroatoms. The van der Waals surface area contributed by atoms with Gasteiger partial charge in [0.05, 0.1) is 6.10 Å². The molecule has 0 bridgehead atoms. The van der Waals surface area contributed by atoms with Gasteiger partial charge in [0.25, 0.3) is 5.56 Å². The summed E-state index contributed by atoms with van der Waals surface area (Å²) in [7, 11) is 0. The van der Waals surface area contributed by atoms with Gasteiger partial charge in [-0.25, -0.2) is 4.79 Å². The lowest BCUT2D eigenvalue weighted by molar-refractivity contribution is -0.151. The van der Waals surface area contributed by atoms with E-state index in [9.17, 15) is 19.5 Å². The second-order valence-electron chi connectivity index (χ2n) is 4.87. The smallest absolute Gasteiger partial charge is 0.330 e. The van der Waals surface area contributed by atoms with Crippen molar-refractivity contribution >= 4 is 5.97 Å². The summed E-state index contributed by atoms with van der Waals surface area (Å²) in [5.74, 6) is -0.601. The van der Waals surface area contributed by atoms with Crippen LogP contribution in [0.25, 0.3) is 0 Å². The third-order valence-corrected chi connectivity index (χ3v) is 3.13. The Morgan fingerprint density at radius 3 is 3.00 bits per heavy atom. The molecule has 21 heavy (non-hydrogen) atoms. The summed E-state index contributed by atoms with van der Waals surface area (Å²) < 4.78 is 11.5. The Labute approximate surface area is 119 Å². The van der Waals surface area contributed by atoms with Gasteiger partial charge >= 0.3 is 11.7 Å². The van der Waals surface area contributed by atoms with Crippen LogP contribution in [0.2, 0.25) is 0 Å². The van der Waals surface area contributed by atoms with Crippen molar-refractivity contribution in [1.82, 2.24) is 9.55 Å². The highest BCUT2D eigenvalue weighted by Gasteiger charge is 2.36. The van der Waals surface area contributed by atoms with Gasteiger partial charge in [-0.15, -0.1) is 0 Å². The second kappa shape index (κ2) is 6.20. The number of hydrogen-bond acceptors (Lipinski definition) is 7. The van der Waals surface area contributed by atoms with Crippen molar-refractivity contribution < 1.29 is 19.4 Å². The highest BCUT2D eigenvalue weighted by molar-refractivity contribution is 5.74. The van der Waals surface area contributed by atoms with Gasteiger partial charge in [0.15, 0.2) is 0 Å². The SMILES string of the molecule is C[C@H](N)C(=O)OC[C@H]1O[C@@H](n2ccc(=O)[nH]c2=O)C[C@@H]1O. The number of nitrogens with zero attached hydrogens (tertiary/aromatic N) is 1. The Morgan fingerprint density at radius 1 is 1.67 bits per heavy atom. The van der Waals surface area contributed by atoms with Crippen molar-refractivity contribution in [2.24, 2.45) is 5.73 Å². The molecule has 1 aliphatic rings. The van der Waals surface area contributed by atoms with Gasteiger partial charge in [-0.3, -0.25) is 19.1 Å². The molecule has 1 aromatic rings. The fourth-order valence-corrected chi connectivity index (χ4v) is 1.99. The Hall–Kier alpha value is -1.97. The summed E-state index contributed by atoms with van der Waals surface area (Å²) in [4.78, 5) is 36.0. The molecule has 116 valence electrons. The molecule has 9 nitrogen and oxygen atoms in total. The van der Waals surface area contributed by atoms with E-state index in [1.54, 1.807) is 0 Å². The number of carbonyl (C=O) groups excluding carboxylic acids is 1. The van der Waals surface area contributed by atoms with E-state index in [1.165, 1.54) is 19.2 Å². The molecule has 1 aliphatic heterocycles. The summed E-state index contributed by atoms with van der Waals surface area (Å²) in [5.41, 5.74) is 4.20. The number of ether oxygens (including phenoxy) is 2. The number of carbonyl (C=O) groups is 1. The number of nitrogens with two attached hydrogens (primary N) is 1. The molecule has 1 fully saturated rings. The normalized spacial score (nSPS) is 26.5. The maximum absolute atomic E-state index is 11.6. The average molecular weight is 299 g/mol. The lowest BCUT2D eigenvalue weighted by Gasteiger charge is -2.16. The Bertz CT molecular complexity index is 622. The summed E-state index contributed by atoms with van der Waals surface area (Å²) >= 11 is 0. The van der Waals surface area contributed by atoms with Gasteiger partial charge in [0, 0.05) is 18.7 Å². The van der Waals surface area contributed by atoms with Gasteiger partial charge in [-0.1, -0.05) is 0 Å². The monoisotopic (exact) mass is 299 g/mol. The summed E-state index contributed by atoms with van der Waals surface area (Å²) in [6.45, 7) is 1.33. The van der Waals surface area contributed by atoms with Crippen molar-refractivity contribution in [2.45, 2.75) is 37.8 Å². The van der Waals surface area contributed by atoms with E-state index < -0.39 is 41.7 Å². The fourth-order valence-electron chi connectivity index (χ4n) is 1.99. The minimum atomic E-state index is -0.894. The van der Waals surface area contributed by atoms with Gasteiger partial charge in [0.2, 0.25) is 0 Å². The molecule has 4 N–H and O–H groups in total. The molecule has 1 saturated heterocycles. The van der Waals surface area contributed by atoms with E-state index in [1.807, 2.05) is 0 Å². The molecule has 0 radical (unpaired) electrons. The first kappa shape index (κ1) is 15.4. The molecule has 0 saturated carbocycles. The van der Waals surface area contributed by atoms with Crippen molar-refractivity contribution in [3.8, 4) is 0 Å². The fraction of sp³-hybridized carbons (Fsp3) is 0.583. The Balaban J connectivity index is 2.02. The molecule has 2 rings (SSSR count). The first-order chi connectivity index (χ1) is 9.88. The van der Waals surface area contributed by atoms with E-state index in [0.29, 0.717) is 0 Å². The number of aliphatic hydroxyl groups is 1. The van der Waals surface area contributed by atoms with Crippen molar-refractivity contribution in [2.75, 3.05) is 6.61 Å². The molecule has 1 aromatic heterocycles. The lowest BCUT2D eigenvalue weighted by Crippen LogP contribution is -2.34. The van der Waals surface area contributed by atoms with Crippen LogP contribution in [-0.4, -0.2) is 45.5 Å². The number of H-pyrrole nitrogens is 1. The Morgan fingerprint density at radius 2 is 2.38 bits per heavy atom. The number of hydrogen-bond donors (Lipinski definition) is 3. The molecular weight excluding hydrogens is 282 g/mol. The zero-order valence-corrected chi connectivity index (χ0v) is 11.4. The largest absolute Gasteiger partial charge is 0.462 e. The van der Waals surface area contributed by atoms with E-state index in [2.05, 4.69) is 4.98 Å². The minimum absolute atomic E-state index is 0.145. The van der Waals surface area contributed by atoms with E-state index >= 15 is 0 Å². The number of esters is 1. The van der Waals surface area contributed by atoms with Crippen LogP contribution in [0.15, 0.2) is 21.9 Å². The van der Waals surface area contributed by atoms with Crippen LogP contribution >= 0.6 is 0 Å². The number of nitrogens with one attached hydrogen (secondary N) is 1. The number of rotatable bonds is 4. The van der Waals surface area contributed by atoms with Crippen molar-refractivity contribution in [1.29, 1.82) is 0 Å².